The molecular formula is C70H82N6O23. The third kappa shape index (κ3) is 16.6. The van der Waals surface area contributed by atoms with Crippen molar-refractivity contribution in [2.24, 2.45) is 22.5 Å². The number of anilines is 1. The largest absolute Gasteiger partial charge is 0.509 e. The lowest BCUT2D eigenvalue weighted by Crippen LogP contribution is -2.82. The van der Waals surface area contributed by atoms with Crippen LogP contribution in [0.1, 0.15) is 113 Å². The zero-order valence-corrected chi connectivity index (χ0v) is 56.0. The number of benzene rings is 4. The van der Waals surface area contributed by atoms with Gasteiger partial charge in [0, 0.05) is 50.5 Å². The van der Waals surface area contributed by atoms with Crippen LogP contribution in [0, 0.1) is 16.7 Å². The Bertz CT molecular complexity index is 3720. The van der Waals surface area contributed by atoms with E-state index in [1.807, 2.05) is 0 Å². The van der Waals surface area contributed by atoms with Crippen molar-refractivity contribution in [1.82, 2.24) is 21.3 Å². The van der Waals surface area contributed by atoms with Gasteiger partial charge in [-0.1, -0.05) is 92.7 Å². The highest BCUT2D eigenvalue weighted by atomic mass is 16.7. The number of rotatable bonds is 27. The van der Waals surface area contributed by atoms with E-state index in [-0.39, 0.29) is 65.3 Å². The second-order valence-electron chi connectivity index (χ2n) is 25.5. The second-order valence-corrected chi connectivity index (χ2v) is 25.5. The molecule has 4 aromatic rings. The van der Waals surface area contributed by atoms with Crippen LogP contribution in [-0.2, 0) is 92.4 Å². The summed E-state index contributed by atoms with van der Waals surface area (Å²) in [4.78, 5) is 165. The molecule has 3 aliphatic carbocycles. The number of hydrogen-bond donors (Lipinski definition) is 8. The van der Waals surface area contributed by atoms with E-state index in [0.717, 1.165) is 13.8 Å². The summed E-state index contributed by atoms with van der Waals surface area (Å²) in [5.41, 5.74) is -2.47. The molecule has 29 nitrogen and oxygen atoms in total. The summed E-state index contributed by atoms with van der Waals surface area (Å²) in [5.74, 6) is -11.7. The van der Waals surface area contributed by atoms with Gasteiger partial charge >= 0.3 is 30.0 Å². The van der Waals surface area contributed by atoms with Gasteiger partial charge in [-0.05, 0) is 86.4 Å². The molecule has 0 radical (unpaired) electrons. The lowest BCUT2D eigenvalue weighted by Gasteiger charge is -2.67. The molecule has 1 saturated heterocycles. The maximum atomic E-state index is 15.9. The smallest absolute Gasteiger partial charge is 0.455 e. The molecule has 99 heavy (non-hydrogen) atoms. The molecule has 1 heterocycles. The van der Waals surface area contributed by atoms with Crippen molar-refractivity contribution >= 4 is 76.9 Å². The number of hydrogen-bond acceptors (Lipinski definition) is 23. The lowest BCUT2D eigenvalue weighted by molar-refractivity contribution is -0.346. The molecule has 4 aromatic carbocycles. The number of ether oxygens (including phenoxy) is 9. The predicted octanol–water partition coefficient (Wildman–Crippen LogP) is 3.07. The Kier molecular flexibility index (Phi) is 24.0. The topological polar surface area (TPSA) is 415 Å². The number of aliphatic hydroxyl groups excluding tert-OH is 1. The lowest BCUT2D eigenvalue weighted by atomic mass is 9.44. The fraction of sp³-hybridized carbons (Fsp3) is 0.457. The minimum Gasteiger partial charge on any atom is -0.455 e. The van der Waals surface area contributed by atoms with Crippen LogP contribution < -0.4 is 32.3 Å². The van der Waals surface area contributed by atoms with E-state index in [0.29, 0.717) is 0 Å². The Morgan fingerprint density at radius 1 is 0.727 bits per heavy atom. The molecule has 6 amide bonds. The van der Waals surface area contributed by atoms with E-state index in [1.54, 1.807) is 54.6 Å². The van der Waals surface area contributed by atoms with E-state index in [4.69, 9.17) is 48.4 Å². The van der Waals surface area contributed by atoms with Crippen molar-refractivity contribution in [3.63, 3.8) is 0 Å². The van der Waals surface area contributed by atoms with Crippen LogP contribution in [0.4, 0.5) is 10.5 Å². The fourth-order valence-electron chi connectivity index (χ4n) is 13.2. The van der Waals surface area contributed by atoms with Crippen LogP contribution in [-0.4, -0.2) is 181 Å². The van der Waals surface area contributed by atoms with Crippen LogP contribution in [0.15, 0.2) is 126 Å². The molecular weight excluding hydrogens is 1290 g/mol. The van der Waals surface area contributed by atoms with Crippen LogP contribution in [0.3, 0.4) is 0 Å². The normalized spacial score (nSPS) is 24.9. The summed E-state index contributed by atoms with van der Waals surface area (Å²) in [6.07, 6.45) is -13.8. The molecule has 2 unspecified atom stereocenters. The summed E-state index contributed by atoms with van der Waals surface area (Å²) in [7, 11) is 1.46. The van der Waals surface area contributed by atoms with Crippen LogP contribution >= 0.6 is 0 Å². The monoisotopic (exact) mass is 1370 g/mol. The third-order valence-electron chi connectivity index (χ3n) is 18.5. The fourth-order valence-corrected chi connectivity index (χ4v) is 13.2. The zero-order valence-electron chi connectivity index (χ0n) is 56.0. The first kappa shape index (κ1) is 74.8. The highest BCUT2D eigenvalue weighted by Gasteiger charge is 2.78. The second kappa shape index (κ2) is 31.7. The van der Waals surface area contributed by atoms with Gasteiger partial charge in [0.15, 0.2) is 17.5 Å². The number of Topliss-reactive ketones (excluding diaryl/α,β-unsaturated/α-hetero) is 1. The number of carbonyl (C=O) groups is 12. The number of esters is 4. The maximum absolute atomic E-state index is 15.9. The molecule has 1 aliphatic heterocycles. The molecule has 0 aromatic heterocycles. The van der Waals surface area contributed by atoms with Crippen molar-refractivity contribution < 1.29 is 110 Å². The van der Waals surface area contributed by atoms with Crippen LogP contribution in [0.2, 0.25) is 0 Å². The number of methoxy groups -OCH3 is 1. The van der Waals surface area contributed by atoms with Crippen molar-refractivity contribution in [1.29, 1.82) is 0 Å². The van der Waals surface area contributed by atoms with E-state index in [9.17, 15) is 58.2 Å². The average molecular weight is 1380 g/mol. The number of aliphatic hydroxyl groups is 2. The molecule has 3 fully saturated rings. The molecule has 4 aliphatic rings. The van der Waals surface area contributed by atoms with Gasteiger partial charge < -0.3 is 85.2 Å². The molecule has 530 valence electrons. The third-order valence-corrected chi connectivity index (χ3v) is 18.5. The first-order chi connectivity index (χ1) is 46.9. The van der Waals surface area contributed by atoms with E-state index in [2.05, 4.69) is 26.6 Å². The molecule has 29 heteroatoms. The van der Waals surface area contributed by atoms with Crippen molar-refractivity contribution in [2.45, 2.75) is 153 Å². The van der Waals surface area contributed by atoms with Gasteiger partial charge in [-0.25, -0.2) is 14.4 Å². The molecule has 8 rings (SSSR count). The number of primary amides is 1. The quantitative estimate of drug-likeness (QED) is 0.0184. The van der Waals surface area contributed by atoms with Gasteiger partial charge in [-0.2, -0.15) is 0 Å². The van der Waals surface area contributed by atoms with Gasteiger partial charge in [0.1, 0.15) is 61.3 Å². The first-order valence-electron chi connectivity index (χ1n) is 31.9. The van der Waals surface area contributed by atoms with E-state index >= 15 is 9.59 Å². The first-order valence-corrected chi connectivity index (χ1v) is 31.9. The highest BCUT2D eigenvalue weighted by molar-refractivity contribution is 6.01. The molecule has 14 atom stereocenters. The summed E-state index contributed by atoms with van der Waals surface area (Å²) in [6, 6.07) is 23.4. The number of carbonyl (C=O) groups excluding carboxylic acids is 12. The average Bonchev–Trinajstić information content (AvgIpc) is 0.670. The minimum absolute atomic E-state index is 0.0133. The Balaban J connectivity index is 1.09. The molecule has 2 saturated carbocycles. The van der Waals surface area contributed by atoms with Gasteiger partial charge in [0.25, 0.3) is 5.91 Å². The number of nitrogens with two attached hydrogens (primary N) is 1. The van der Waals surface area contributed by atoms with Crippen molar-refractivity contribution in [3.8, 4) is 0 Å². The van der Waals surface area contributed by atoms with E-state index < -0.39 is 186 Å². The Morgan fingerprint density at radius 3 is 1.92 bits per heavy atom. The molecule has 0 spiro atoms. The Hall–Kier alpha value is -9.94. The number of amides is 6. The SMILES string of the molecule is COCCOCC(=O)N[C@H](C)C(=O)N[C@H](C)C(=O)N[C@H](CC(N)=O)C(=O)Nc1ccc(COC(=O)O[C@@H](C(=O)O[C@H]2C[C@@]3(O)[C@@H](OC(=O)c4ccccc4)[C@H]4[C@](C)(C(=O)[C@H](OC(C)=O)C(=C2C)C3(C)C)[C@@H](O)CC2OC[C@]24OC(C)=O)C(NC(=O)c2ccccc2)c2ccccc2)cc1. The number of fused-ring (bicyclic) bond motifs is 5. The highest BCUT2D eigenvalue weighted by Crippen LogP contribution is 2.64. The summed E-state index contributed by atoms with van der Waals surface area (Å²) >= 11 is 0. The van der Waals surface area contributed by atoms with Gasteiger partial charge in [0.05, 0.1) is 49.2 Å². The number of ketones is 1. The summed E-state index contributed by atoms with van der Waals surface area (Å²) in [6.45, 7) is 9.67. The Morgan fingerprint density at radius 2 is 1.33 bits per heavy atom. The van der Waals surface area contributed by atoms with Crippen LogP contribution in [0.25, 0.3) is 0 Å². The number of nitrogens with one attached hydrogen (secondary N) is 5. The van der Waals surface area contributed by atoms with Gasteiger partial charge in [0.2, 0.25) is 35.6 Å². The molecule has 2 bridgehead atoms. The maximum Gasteiger partial charge on any atom is 0.509 e. The van der Waals surface area contributed by atoms with Crippen LogP contribution in [0.5, 0.6) is 0 Å². The molecule has 9 N–H and O–H groups in total. The predicted molar refractivity (Wildman–Crippen MR) is 345 cm³/mol. The van der Waals surface area contributed by atoms with Gasteiger partial charge in [-0.3, -0.25) is 43.2 Å². The van der Waals surface area contributed by atoms with Gasteiger partial charge in [-0.15, -0.1) is 0 Å². The van der Waals surface area contributed by atoms with Crippen molar-refractivity contribution in [3.05, 3.63) is 149 Å². The summed E-state index contributed by atoms with van der Waals surface area (Å²) in [5, 5.41) is 39.0. The standard InChI is InChI=1S/C70H82N6O23/c1-37-48(33-70(90)59(98-64(87)45-23-17-12-18-24-45)57-68(8,49(79)32-50-69(57,36-94-50)99-41(5)78)58(82)55(95-40(4)77)53(37)67(70,6)7)96-65(88)56(54(43-19-13-10-14-20-43)76-62(85)44-21-15-11-16-22-44)97-66(89)93-34-42-25-27-46(28-26-42)74-63(86)47(31-51(71)80)75-61(84)39(3)73-60(83)38(2)72-52(81)35-92-30-29-91-9/h10-28,38-39,47-50,54-57,59,79,90H,29-36H2,1-9H3,(H2,71,80)(H,72,81)(H,73,83)(H,74,86)(H,75,84)(H,76,85)/t38-,39-,47-,48+,49+,50?,54?,55-,56-,57+,59+,68-,69+,70-/m1/s1. The minimum atomic E-state index is -2.58. The summed E-state index contributed by atoms with van der Waals surface area (Å²) < 4.78 is 52.5. The van der Waals surface area contributed by atoms with Crippen molar-refractivity contribution in [2.75, 3.05) is 38.9 Å². The Labute approximate surface area is 569 Å². The zero-order chi connectivity index (χ0) is 72.3. The van der Waals surface area contributed by atoms with E-state index in [1.165, 1.54) is 109 Å².